The van der Waals surface area contributed by atoms with Crippen molar-refractivity contribution in [2.45, 2.75) is 32.7 Å². The SMILES string of the molecule is C=CCONC(CC)CC. The molecule has 0 saturated carbocycles. The quantitative estimate of drug-likeness (QED) is 0.348. The van der Waals surface area contributed by atoms with Crippen LogP contribution in [0.4, 0.5) is 0 Å². The lowest BCUT2D eigenvalue weighted by Crippen LogP contribution is -2.27. The third-order valence-electron chi connectivity index (χ3n) is 1.44. The van der Waals surface area contributed by atoms with Gasteiger partial charge in [0, 0.05) is 6.04 Å². The van der Waals surface area contributed by atoms with E-state index in [9.17, 15) is 0 Å². The minimum atomic E-state index is 0.486. The highest BCUT2D eigenvalue weighted by atomic mass is 16.6. The van der Waals surface area contributed by atoms with Gasteiger partial charge in [0.05, 0.1) is 6.61 Å². The Kier molecular flexibility index (Phi) is 6.55. The van der Waals surface area contributed by atoms with Crippen molar-refractivity contribution in [1.82, 2.24) is 5.48 Å². The highest BCUT2D eigenvalue weighted by Crippen LogP contribution is 1.94. The highest BCUT2D eigenvalue weighted by molar-refractivity contribution is 4.64. The van der Waals surface area contributed by atoms with Crippen molar-refractivity contribution in [2.75, 3.05) is 6.61 Å². The summed E-state index contributed by atoms with van der Waals surface area (Å²) in [6, 6.07) is 0.486. The van der Waals surface area contributed by atoms with Crippen molar-refractivity contribution in [3.05, 3.63) is 12.7 Å². The zero-order chi connectivity index (χ0) is 7.82. The van der Waals surface area contributed by atoms with Gasteiger partial charge in [-0.15, -0.1) is 6.58 Å². The molecule has 0 aromatic carbocycles. The van der Waals surface area contributed by atoms with E-state index in [0.29, 0.717) is 12.6 Å². The van der Waals surface area contributed by atoms with Gasteiger partial charge in [-0.1, -0.05) is 19.9 Å². The number of hydrogen-bond acceptors (Lipinski definition) is 2. The number of nitrogens with one attached hydrogen (secondary N) is 1. The molecule has 0 fully saturated rings. The van der Waals surface area contributed by atoms with Crippen molar-refractivity contribution in [3.63, 3.8) is 0 Å². The van der Waals surface area contributed by atoms with Crippen molar-refractivity contribution < 1.29 is 4.84 Å². The molecule has 60 valence electrons. The summed E-state index contributed by atoms with van der Waals surface area (Å²) in [7, 11) is 0. The first kappa shape index (κ1) is 9.66. The van der Waals surface area contributed by atoms with Gasteiger partial charge in [-0.05, 0) is 12.8 Å². The maximum Gasteiger partial charge on any atom is 0.0861 e. The van der Waals surface area contributed by atoms with E-state index >= 15 is 0 Å². The largest absolute Gasteiger partial charge is 0.297 e. The molecule has 0 atom stereocenters. The van der Waals surface area contributed by atoms with Crippen LogP contribution in [0.3, 0.4) is 0 Å². The molecule has 0 rings (SSSR count). The predicted molar refractivity (Wildman–Crippen MR) is 43.7 cm³/mol. The molecule has 10 heavy (non-hydrogen) atoms. The van der Waals surface area contributed by atoms with Gasteiger partial charge in [-0.25, -0.2) is 0 Å². The van der Waals surface area contributed by atoms with E-state index in [1.807, 2.05) is 0 Å². The summed E-state index contributed by atoms with van der Waals surface area (Å²) in [4.78, 5) is 5.06. The van der Waals surface area contributed by atoms with Crippen LogP contribution in [0.5, 0.6) is 0 Å². The molecular weight excluding hydrogens is 126 g/mol. The van der Waals surface area contributed by atoms with Crippen LogP contribution in [-0.2, 0) is 4.84 Å². The Balaban J connectivity index is 3.16. The molecule has 0 spiro atoms. The second kappa shape index (κ2) is 6.78. The van der Waals surface area contributed by atoms with Crippen LogP contribution in [-0.4, -0.2) is 12.6 Å². The minimum absolute atomic E-state index is 0.486. The third kappa shape index (κ3) is 4.53. The lowest BCUT2D eigenvalue weighted by atomic mass is 10.2. The van der Waals surface area contributed by atoms with E-state index < -0.39 is 0 Å². The van der Waals surface area contributed by atoms with Gasteiger partial charge in [-0.2, -0.15) is 5.48 Å². The fourth-order valence-electron chi connectivity index (χ4n) is 0.680. The first-order valence-corrected chi connectivity index (χ1v) is 3.83. The first-order chi connectivity index (χ1) is 4.85. The summed E-state index contributed by atoms with van der Waals surface area (Å²) < 4.78 is 0. The molecule has 0 amide bonds. The average Bonchev–Trinajstić information content (AvgIpc) is 1.99. The molecule has 0 saturated heterocycles. The topological polar surface area (TPSA) is 21.3 Å². The molecule has 2 nitrogen and oxygen atoms in total. The van der Waals surface area contributed by atoms with E-state index in [1.54, 1.807) is 6.08 Å². The van der Waals surface area contributed by atoms with Gasteiger partial charge < -0.3 is 0 Å². The number of hydrogen-bond donors (Lipinski definition) is 1. The zero-order valence-corrected chi connectivity index (χ0v) is 6.89. The molecule has 1 N–H and O–H groups in total. The molecule has 0 aliphatic rings. The number of hydroxylamine groups is 1. The molecule has 0 aliphatic heterocycles. The van der Waals surface area contributed by atoms with E-state index in [4.69, 9.17) is 4.84 Å². The second-order valence-electron chi connectivity index (χ2n) is 2.23. The van der Waals surface area contributed by atoms with Gasteiger partial charge in [0.25, 0.3) is 0 Å². The van der Waals surface area contributed by atoms with Crippen molar-refractivity contribution in [2.24, 2.45) is 0 Å². The maximum atomic E-state index is 5.06. The Morgan fingerprint density at radius 3 is 2.50 bits per heavy atom. The predicted octanol–water partition coefficient (Wildman–Crippen LogP) is 1.88. The molecule has 0 aliphatic carbocycles. The van der Waals surface area contributed by atoms with Gasteiger partial charge in [0.2, 0.25) is 0 Å². The average molecular weight is 143 g/mol. The molecule has 0 bridgehead atoms. The van der Waals surface area contributed by atoms with Crippen LogP contribution in [0.25, 0.3) is 0 Å². The van der Waals surface area contributed by atoms with Crippen molar-refractivity contribution in [1.29, 1.82) is 0 Å². The van der Waals surface area contributed by atoms with Crippen molar-refractivity contribution >= 4 is 0 Å². The third-order valence-corrected chi connectivity index (χ3v) is 1.44. The fourth-order valence-corrected chi connectivity index (χ4v) is 0.680. The molecule has 0 heterocycles. The van der Waals surface area contributed by atoms with Crippen LogP contribution >= 0.6 is 0 Å². The standard InChI is InChI=1S/C8H17NO/c1-4-7-10-9-8(5-2)6-3/h4,8-9H,1,5-7H2,2-3H3. The Morgan fingerprint density at radius 1 is 1.50 bits per heavy atom. The molecule has 2 heteroatoms. The second-order valence-corrected chi connectivity index (χ2v) is 2.23. The van der Waals surface area contributed by atoms with Crippen LogP contribution in [0, 0.1) is 0 Å². The minimum Gasteiger partial charge on any atom is -0.297 e. The summed E-state index contributed by atoms with van der Waals surface area (Å²) in [6.07, 6.45) is 3.94. The van der Waals surface area contributed by atoms with Crippen LogP contribution in [0.2, 0.25) is 0 Å². The molecule has 0 unspecified atom stereocenters. The Morgan fingerprint density at radius 2 is 2.10 bits per heavy atom. The molecule has 0 radical (unpaired) electrons. The van der Waals surface area contributed by atoms with Gasteiger partial charge in [-0.3, -0.25) is 4.84 Å². The molecule has 0 aromatic heterocycles. The highest BCUT2D eigenvalue weighted by Gasteiger charge is 1.99. The summed E-state index contributed by atoms with van der Waals surface area (Å²) in [5.41, 5.74) is 2.95. The summed E-state index contributed by atoms with van der Waals surface area (Å²) >= 11 is 0. The monoisotopic (exact) mass is 143 g/mol. The van der Waals surface area contributed by atoms with Crippen LogP contribution in [0.15, 0.2) is 12.7 Å². The smallest absolute Gasteiger partial charge is 0.0861 e. The van der Waals surface area contributed by atoms with Crippen molar-refractivity contribution in [3.8, 4) is 0 Å². The zero-order valence-electron chi connectivity index (χ0n) is 6.89. The van der Waals surface area contributed by atoms with Crippen LogP contribution in [0.1, 0.15) is 26.7 Å². The van der Waals surface area contributed by atoms with E-state index in [2.05, 4.69) is 25.9 Å². The fraction of sp³-hybridized carbons (Fsp3) is 0.750. The normalized spacial score (nSPS) is 10.3. The Labute approximate surface area is 63.2 Å². The lowest BCUT2D eigenvalue weighted by molar-refractivity contribution is 0.0329. The van der Waals surface area contributed by atoms with E-state index in [1.165, 1.54) is 0 Å². The Bertz CT molecular complexity index is 79.3. The van der Waals surface area contributed by atoms with Gasteiger partial charge in [0.1, 0.15) is 0 Å². The Hall–Kier alpha value is -0.340. The van der Waals surface area contributed by atoms with Gasteiger partial charge in [0.15, 0.2) is 0 Å². The van der Waals surface area contributed by atoms with E-state index in [-0.39, 0.29) is 0 Å². The number of rotatable bonds is 6. The van der Waals surface area contributed by atoms with Crippen LogP contribution < -0.4 is 5.48 Å². The van der Waals surface area contributed by atoms with Gasteiger partial charge >= 0.3 is 0 Å². The first-order valence-electron chi connectivity index (χ1n) is 3.83. The summed E-state index contributed by atoms with van der Waals surface area (Å²) in [5.74, 6) is 0. The lowest BCUT2D eigenvalue weighted by Gasteiger charge is -2.12. The molecule has 0 aromatic rings. The maximum absolute atomic E-state index is 5.06. The molecular formula is C8H17NO. The summed E-state index contributed by atoms with van der Waals surface area (Å²) in [5, 5.41) is 0. The summed E-state index contributed by atoms with van der Waals surface area (Å²) in [6.45, 7) is 8.40. The van der Waals surface area contributed by atoms with E-state index in [0.717, 1.165) is 12.8 Å².